The minimum absolute atomic E-state index is 0.103. The maximum absolute atomic E-state index is 6.98. The Balaban J connectivity index is 3.97. The molecule has 0 rings (SSSR count). The fourth-order valence-corrected chi connectivity index (χ4v) is 1.15. The Labute approximate surface area is 64.3 Å². The van der Waals surface area contributed by atoms with Crippen LogP contribution in [0.2, 0.25) is 0 Å². The molecule has 1 heteroatoms. The third-order valence-corrected chi connectivity index (χ3v) is 1.88. The van der Waals surface area contributed by atoms with Gasteiger partial charge in [0.15, 0.2) is 0 Å². The molecule has 0 N–H and O–H groups in total. The van der Waals surface area contributed by atoms with E-state index < -0.39 is 0 Å². The van der Waals surface area contributed by atoms with Crippen LogP contribution in [0.3, 0.4) is 0 Å². The summed E-state index contributed by atoms with van der Waals surface area (Å²) in [6.07, 6.45) is 1.99. The largest absolute Gasteiger partial charge is 0.311 e. The van der Waals surface area contributed by atoms with Gasteiger partial charge in [-0.05, 0) is 5.92 Å². The zero-order valence-electron chi connectivity index (χ0n) is 7.44. The van der Waals surface area contributed by atoms with E-state index in [1.54, 1.807) is 0 Å². The van der Waals surface area contributed by atoms with Crippen molar-refractivity contribution in [1.29, 1.82) is 0 Å². The number of hydrogen-bond acceptors (Lipinski definition) is 0. The topological polar surface area (TPSA) is 4.36 Å². The van der Waals surface area contributed by atoms with Gasteiger partial charge in [0.2, 0.25) is 5.54 Å². The lowest BCUT2D eigenvalue weighted by molar-refractivity contribution is 0.413. The predicted octanol–water partition coefficient (Wildman–Crippen LogP) is 3.12. The molecule has 0 aliphatic carbocycles. The van der Waals surface area contributed by atoms with Gasteiger partial charge >= 0.3 is 0 Å². The summed E-state index contributed by atoms with van der Waals surface area (Å²) in [6, 6.07) is 0. The maximum Gasteiger partial charge on any atom is 0.229 e. The van der Waals surface area contributed by atoms with Crippen molar-refractivity contribution in [3.8, 4) is 0 Å². The van der Waals surface area contributed by atoms with Gasteiger partial charge in [-0.15, -0.1) is 0 Å². The summed E-state index contributed by atoms with van der Waals surface area (Å²) in [6.45, 7) is 15.4. The lowest BCUT2D eigenvalue weighted by atomic mass is 9.89. The summed E-state index contributed by atoms with van der Waals surface area (Å²) in [5.74, 6) is 0.638. The molecule has 1 unspecified atom stereocenters. The second-order valence-electron chi connectivity index (χ2n) is 3.56. The standard InChI is InChI=1S/C9H17N/c1-6-9(4,10-5)7-8(2)3/h8H,6-7H2,1-4H3. The van der Waals surface area contributed by atoms with Crippen LogP contribution in [0.5, 0.6) is 0 Å². The van der Waals surface area contributed by atoms with Crippen molar-refractivity contribution in [3.05, 3.63) is 11.4 Å². The molecule has 0 fully saturated rings. The van der Waals surface area contributed by atoms with Crippen LogP contribution >= 0.6 is 0 Å². The Bertz CT molecular complexity index is 132. The monoisotopic (exact) mass is 139 g/mol. The Morgan fingerprint density at radius 1 is 1.50 bits per heavy atom. The average molecular weight is 139 g/mol. The molecule has 1 nitrogen and oxygen atoms in total. The fourth-order valence-electron chi connectivity index (χ4n) is 1.15. The van der Waals surface area contributed by atoms with Crippen molar-refractivity contribution in [2.45, 2.75) is 46.1 Å². The molecule has 0 radical (unpaired) electrons. The van der Waals surface area contributed by atoms with Crippen LogP contribution in [0.15, 0.2) is 0 Å². The summed E-state index contributed by atoms with van der Waals surface area (Å²) < 4.78 is 0. The molecular weight excluding hydrogens is 122 g/mol. The van der Waals surface area contributed by atoms with Crippen LogP contribution in [0.4, 0.5) is 0 Å². The molecule has 0 aliphatic rings. The van der Waals surface area contributed by atoms with Crippen molar-refractivity contribution in [2.24, 2.45) is 5.92 Å². The first-order valence-corrected chi connectivity index (χ1v) is 3.92. The number of rotatable bonds is 3. The van der Waals surface area contributed by atoms with Crippen LogP contribution < -0.4 is 0 Å². The molecule has 10 heavy (non-hydrogen) atoms. The lowest BCUT2D eigenvalue weighted by Gasteiger charge is -2.16. The van der Waals surface area contributed by atoms with Crippen LogP contribution in [-0.2, 0) is 0 Å². The van der Waals surface area contributed by atoms with E-state index in [2.05, 4.69) is 25.6 Å². The third kappa shape index (κ3) is 2.87. The molecule has 0 aromatic carbocycles. The van der Waals surface area contributed by atoms with Gasteiger partial charge in [0.1, 0.15) is 0 Å². The van der Waals surface area contributed by atoms with Gasteiger partial charge in [-0.1, -0.05) is 20.8 Å². The van der Waals surface area contributed by atoms with E-state index >= 15 is 0 Å². The Morgan fingerprint density at radius 3 is 2.10 bits per heavy atom. The zero-order chi connectivity index (χ0) is 8.20. The van der Waals surface area contributed by atoms with E-state index in [1.807, 2.05) is 6.92 Å². The van der Waals surface area contributed by atoms with Crippen LogP contribution in [0.25, 0.3) is 4.85 Å². The highest BCUT2D eigenvalue weighted by Crippen LogP contribution is 2.23. The van der Waals surface area contributed by atoms with Gasteiger partial charge < -0.3 is 4.85 Å². The predicted molar refractivity (Wildman–Crippen MR) is 44.8 cm³/mol. The number of nitrogens with zero attached hydrogens (tertiary/aromatic N) is 1. The third-order valence-electron chi connectivity index (χ3n) is 1.88. The van der Waals surface area contributed by atoms with E-state index in [-0.39, 0.29) is 5.54 Å². The second kappa shape index (κ2) is 3.61. The minimum Gasteiger partial charge on any atom is -0.311 e. The Hall–Kier alpha value is -0.510. The van der Waals surface area contributed by atoms with Gasteiger partial charge in [-0.3, -0.25) is 0 Å². The highest BCUT2D eigenvalue weighted by Gasteiger charge is 2.28. The van der Waals surface area contributed by atoms with E-state index in [1.165, 1.54) is 0 Å². The highest BCUT2D eigenvalue weighted by molar-refractivity contribution is 4.93. The Kier molecular flexibility index (Phi) is 3.42. The van der Waals surface area contributed by atoms with Crippen molar-refractivity contribution in [1.82, 2.24) is 0 Å². The summed E-state index contributed by atoms with van der Waals surface area (Å²) in [5, 5.41) is 0. The van der Waals surface area contributed by atoms with Crippen LogP contribution in [0, 0.1) is 12.5 Å². The van der Waals surface area contributed by atoms with Gasteiger partial charge in [0.25, 0.3) is 0 Å². The van der Waals surface area contributed by atoms with E-state index in [4.69, 9.17) is 6.57 Å². The van der Waals surface area contributed by atoms with Crippen molar-refractivity contribution in [2.75, 3.05) is 0 Å². The van der Waals surface area contributed by atoms with Gasteiger partial charge in [0.05, 0.1) is 0 Å². The average Bonchev–Trinajstić information content (AvgIpc) is 1.87. The molecule has 0 aromatic heterocycles. The van der Waals surface area contributed by atoms with Crippen molar-refractivity contribution < 1.29 is 0 Å². The smallest absolute Gasteiger partial charge is 0.229 e. The molecule has 0 aromatic rings. The summed E-state index contributed by atoms with van der Waals surface area (Å²) >= 11 is 0. The molecule has 0 saturated heterocycles. The zero-order valence-corrected chi connectivity index (χ0v) is 7.44. The summed E-state index contributed by atoms with van der Waals surface area (Å²) in [4.78, 5) is 3.63. The van der Waals surface area contributed by atoms with Gasteiger partial charge in [0, 0.05) is 19.8 Å². The molecule has 0 bridgehead atoms. The van der Waals surface area contributed by atoms with Crippen LogP contribution in [0.1, 0.15) is 40.5 Å². The summed E-state index contributed by atoms with van der Waals surface area (Å²) in [7, 11) is 0. The fraction of sp³-hybridized carbons (Fsp3) is 0.889. The van der Waals surface area contributed by atoms with Crippen LogP contribution in [-0.4, -0.2) is 5.54 Å². The molecule has 0 heterocycles. The molecule has 0 aliphatic heterocycles. The molecule has 0 amide bonds. The number of hydrogen-bond donors (Lipinski definition) is 0. The highest BCUT2D eigenvalue weighted by atomic mass is 14.8. The van der Waals surface area contributed by atoms with E-state index in [0.717, 1.165) is 12.8 Å². The molecule has 0 saturated carbocycles. The normalized spacial score (nSPS) is 16.4. The van der Waals surface area contributed by atoms with E-state index in [9.17, 15) is 0 Å². The molecular formula is C9H17N. The summed E-state index contributed by atoms with van der Waals surface area (Å²) in [5.41, 5.74) is -0.103. The molecule has 0 spiro atoms. The quantitative estimate of drug-likeness (QED) is 0.529. The molecule has 1 atom stereocenters. The molecule has 58 valence electrons. The first kappa shape index (κ1) is 9.49. The first-order chi connectivity index (χ1) is 4.54. The minimum atomic E-state index is -0.103. The van der Waals surface area contributed by atoms with Gasteiger partial charge in [-0.25, -0.2) is 6.57 Å². The van der Waals surface area contributed by atoms with Crippen molar-refractivity contribution >= 4 is 0 Å². The van der Waals surface area contributed by atoms with Gasteiger partial charge in [-0.2, -0.15) is 0 Å². The van der Waals surface area contributed by atoms with Crippen molar-refractivity contribution in [3.63, 3.8) is 0 Å². The maximum atomic E-state index is 6.98. The first-order valence-electron chi connectivity index (χ1n) is 3.92. The van der Waals surface area contributed by atoms with E-state index in [0.29, 0.717) is 5.92 Å². The SMILES string of the molecule is [C-]#[N+]C(C)(CC)CC(C)C. The Morgan fingerprint density at radius 2 is 2.00 bits per heavy atom. The second-order valence-corrected chi connectivity index (χ2v) is 3.56. The lowest BCUT2D eigenvalue weighted by Crippen LogP contribution is -2.20.